The Hall–Kier alpha value is -2.45. The molecule has 0 radical (unpaired) electrons. The lowest BCUT2D eigenvalue weighted by molar-refractivity contribution is 0.777. The van der Waals surface area contributed by atoms with Crippen LogP contribution in [0.3, 0.4) is 0 Å². The van der Waals surface area contributed by atoms with Crippen LogP contribution in [0.25, 0.3) is 11.4 Å². The summed E-state index contributed by atoms with van der Waals surface area (Å²) in [6.45, 7) is 0. The highest BCUT2D eigenvalue weighted by atomic mass is 79.9. The van der Waals surface area contributed by atoms with E-state index in [4.69, 9.17) is 0 Å². The van der Waals surface area contributed by atoms with Crippen LogP contribution in [-0.2, 0) is 5.75 Å². The maximum absolute atomic E-state index is 4.45. The molecule has 0 saturated carbocycles. The SMILES string of the molecule is Brc1ccc(-n2ccnc2SCc2nnnn2-c2ccccc2)cc1. The van der Waals surface area contributed by atoms with Crippen LogP contribution in [0, 0.1) is 0 Å². The topological polar surface area (TPSA) is 61.4 Å². The summed E-state index contributed by atoms with van der Waals surface area (Å²) in [7, 11) is 0. The third-order valence-electron chi connectivity index (χ3n) is 3.58. The van der Waals surface area contributed by atoms with Crippen LogP contribution in [0.2, 0.25) is 0 Å². The fraction of sp³-hybridized carbons (Fsp3) is 0.0588. The molecule has 0 N–H and O–H groups in total. The molecule has 0 spiro atoms. The first-order chi connectivity index (χ1) is 12.3. The Balaban J connectivity index is 1.55. The number of nitrogens with zero attached hydrogens (tertiary/aromatic N) is 6. The van der Waals surface area contributed by atoms with Crippen LogP contribution in [0.15, 0.2) is 76.6 Å². The van der Waals surface area contributed by atoms with Gasteiger partial charge in [-0.1, -0.05) is 45.9 Å². The summed E-state index contributed by atoms with van der Waals surface area (Å²) in [6.07, 6.45) is 3.75. The van der Waals surface area contributed by atoms with E-state index >= 15 is 0 Å². The summed E-state index contributed by atoms with van der Waals surface area (Å²) in [5, 5.41) is 12.9. The molecule has 25 heavy (non-hydrogen) atoms. The summed E-state index contributed by atoms with van der Waals surface area (Å²) in [5.74, 6) is 1.40. The quantitative estimate of drug-likeness (QED) is 0.465. The van der Waals surface area contributed by atoms with Gasteiger partial charge in [0.05, 0.1) is 11.4 Å². The number of benzene rings is 2. The third kappa shape index (κ3) is 3.49. The van der Waals surface area contributed by atoms with Crippen molar-refractivity contribution in [1.29, 1.82) is 0 Å². The number of imidazole rings is 1. The molecule has 0 amide bonds. The molecule has 124 valence electrons. The minimum Gasteiger partial charge on any atom is -0.295 e. The van der Waals surface area contributed by atoms with Crippen molar-refractivity contribution in [2.24, 2.45) is 0 Å². The van der Waals surface area contributed by atoms with Gasteiger partial charge >= 0.3 is 0 Å². The van der Waals surface area contributed by atoms with Gasteiger partial charge < -0.3 is 0 Å². The number of aromatic nitrogens is 6. The zero-order valence-electron chi connectivity index (χ0n) is 13.0. The Kier molecular flexibility index (Phi) is 4.62. The van der Waals surface area contributed by atoms with Gasteiger partial charge in [0.25, 0.3) is 0 Å². The first kappa shape index (κ1) is 16.0. The fourth-order valence-electron chi connectivity index (χ4n) is 2.39. The molecule has 0 saturated heterocycles. The molecule has 4 aromatic rings. The van der Waals surface area contributed by atoms with Gasteiger partial charge in [-0.3, -0.25) is 4.57 Å². The number of hydrogen-bond acceptors (Lipinski definition) is 5. The molecule has 0 atom stereocenters. The van der Waals surface area contributed by atoms with E-state index in [1.807, 2.05) is 65.4 Å². The van der Waals surface area contributed by atoms with E-state index in [0.29, 0.717) is 5.75 Å². The van der Waals surface area contributed by atoms with Crippen LogP contribution in [-0.4, -0.2) is 29.8 Å². The molecule has 0 fully saturated rings. The molecule has 2 heterocycles. The Morgan fingerprint density at radius 1 is 0.960 bits per heavy atom. The lowest BCUT2D eigenvalue weighted by atomic mass is 10.3. The second kappa shape index (κ2) is 7.20. The number of hydrogen-bond donors (Lipinski definition) is 0. The summed E-state index contributed by atoms with van der Waals surface area (Å²) in [4.78, 5) is 4.45. The molecule has 8 heteroatoms. The lowest BCUT2D eigenvalue weighted by Crippen LogP contribution is -2.02. The molecule has 2 aromatic heterocycles. The molecular formula is C17H13BrN6S. The molecule has 0 aliphatic heterocycles. The smallest absolute Gasteiger partial charge is 0.173 e. The normalized spacial score (nSPS) is 10.9. The van der Waals surface area contributed by atoms with E-state index in [2.05, 4.69) is 36.4 Å². The average molecular weight is 413 g/mol. The Morgan fingerprint density at radius 3 is 2.56 bits per heavy atom. The molecule has 6 nitrogen and oxygen atoms in total. The van der Waals surface area contributed by atoms with E-state index in [1.54, 1.807) is 22.6 Å². The monoisotopic (exact) mass is 412 g/mol. The number of halogens is 1. The van der Waals surface area contributed by atoms with Crippen molar-refractivity contribution < 1.29 is 0 Å². The number of tetrazole rings is 1. The van der Waals surface area contributed by atoms with Gasteiger partial charge in [-0.2, -0.15) is 4.68 Å². The van der Waals surface area contributed by atoms with Crippen LogP contribution in [0.5, 0.6) is 0 Å². The number of rotatable bonds is 5. The van der Waals surface area contributed by atoms with Crippen LogP contribution < -0.4 is 0 Å². The van der Waals surface area contributed by atoms with E-state index < -0.39 is 0 Å². The summed E-state index contributed by atoms with van der Waals surface area (Å²) in [5.41, 5.74) is 2.00. The van der Waals surface area contributed by atoms with Crippen molar-refractivity contribution in [1.82, 2.24) is 29.8 Å². The standard InChI is InChI=1S/C17H13BrN6S/c18-13-6-8-14(9-7-13)23-11-10-19-17(23)25-12-16-20-21-22-24(16)15-4-2-1-3-5-15/h1-11H,12H2. The lowest BCUT2D eigenvalue weighted by Gasteiger charge is -2.08. The minimum atomic E-state index is 0.620. The maximum Gasteiger partial charge on any atom is 0.173 e. The Labute approximate surface area is 157 Å². The highest BCUT2D eigenvalue weighted by Crippen LogP contribution is 2.24. The van der Waals surface area contributed by atoms with Gasteiger partial charge in [0.1, 0.15) is 0 Å². The molecule has 4 rings (SSSR count). The predicted molar refractivity (Wildman–Crippen MR) is 100.0 cm³/mol. The van der Waals surface area contributed by atoms with Crippen molar-refractivity contribution in [2.75, 3.05) is 0 Å². The number of thioether (sulfide) groups is 1. The first-order valence-corrected chi connectivity index (χ1v) is 9.34. The molecule has 0 bridgehead atoms. The van der Waals surface area contributed by atoms with E-state index in [9.17, 15) is 0 Å². The van der Waals surface area contributed by atoms with Crippen LogP contribution in [0.4, 0.5) is 0 Å². The third-order valence-corrected chi connectivity index (χ3v) is 5.07. The van der Waals surface area contributed by atoms with Gasteiger partial charge in [0, 0.05) is 22.6 Å². The highest BCUT2D eigenvalue weighted by Gasteiger charge is 2.11. The zero-order chi connectivity index (χ0) is 17.1. The van der Waals surface area contributed by atoms with Gasteiger partial charge in [-0.15, -0.1) is 5.10 Å². The zero-order valence-corrected chi connectivity index (χ0v) is 15.4. The Bertz CT molecular complexity index is 964. The van der Waals surface area contributed by atoms with Crippen molar-refractivity contribution in [3.8, 4) is 11.4 Å². The van der Waals surface area contributed by atoms with Crippen molar-refractivity contribution in [2.45, 2.75) is 10.9 Å². The highest BCUT2D eigenvalue weighted by molar-refractivity contribution is 9.10. The van der Waals surface area contributed by atoms with Gasteiger partial charge in [-0.25, -0.2) is 4.98 Å². The van der Waals surface area contributed by atoms with Crippen molar-refractivity contribution >= 4 is 27.7 Å². The second-order valence-electron chi connectivity index (χ2n) is 5.19. The van der Waals surface area contributed by atoms with E-state index in [1.165, 1.54) is 0 Å². The first-order valence-electron chi connectivity index (χ1n) is 7.56. The van der Waals surface area contributed by atoms with Crippen LogP contribution in [0.1, 0.15) is 5.82 Å². The summed E-state index contributed by atoms with van der Waals surface area (Å²) < 4.78 is 4.85. The molecule has 0 unspecified atom stereocenters. The van der Waals surface area contributed by atoms with Gasteiger partial charge in [0.15, 0.2) is 11.0 Å². The van der Waals surface area contributed by atoms with Crippen molar-refractivity contribution in [3.05, 3.63) is 77.3 Å². The fourth-order valence-corrected chi connectivity index (χ4v) is 3.53. The average Bonchev–Trinajstić information content (AvgIpc) is 3.30. The number of para-hydroxylation sites is 1. The summed E-state index contributed by atoms with van der Waals surface area (Å²) >= 11 is 5.06. The summed E-state index contributed by atoms with van der Waals surface area (Å²) in [6, 6.07) is 18.0. The van der Waals surface area contributed by atoms with Gasteiger partial charge in [-0.05, 0) is 46.8 Å². The predicted octanol–water partition coefficient (Wildman–Crippen LogP) is 3.90. The molecule has 2 aromatic carbocycles. The van der Waals surface area contributed by atoms with Crippen molar-refractivity contribution in [3.63, 3.8) is 0 Å². The van der Waals surface area contributed by atoms with E-state index in [0.717, 1.165) is 26.8 Å². The second-order valence-corrected chi connectivity index (χ2v) is 7.05. The van der Waals surface area contributed by atoms with Crippen LogP contribution >= 0.6 is 27.7 Å². The minimum absolute atomic E-state index is 0.620. The van der Waals surface area contributed by atoms with Gasteiger partial charge in [0.2, 0.25) is 0 Å². The maximum atomic E-state index is 4.45. The Morgan fingerprint density at radius 2 is 1.76 bits per heavy atom. The van der Waals surface area contributed by atoms with E-state index in [-0.39, 0.29) is 0 Å². The largest absolute Gasteiger partial charge is 0.295 e. The molecular weight excluding hydrogens is 400 g/mol. The molecule has 0 aliphatic carbocycles. The molecule has 0 aliphatic rings.